The molecule has 0 saturated heterocycles. The minimum Gasteiger partial charge on any atom is -0.349 e. The van der Waals surface area contributed by atoms with Crippen LogP contribution in [0.25, 0.3) is 0 Å². The van der Waals surface area contributed by atoms with Gasteiger partial charge in [0.1, 0.15) is 11.1 Å². The normalized spacial score (nSPS) is 12.9. The molecular formula is C19H21N3OS. The van der Waals surface area contributed by atoms with E-state index in [-0.39, 0.29) is 17.2 Å². The largest absolute Gasteiger partial charge is 0.349 e. The van der Waals surface area contributed by atoms with Gasteiger partial charge in [0.05, 0.1) is 16.9 Å². The second-order valence-corrected chi connectivity index (χ2v) is 6.76. The number of nitriles is 1. The lowest BCUT2D eigenvalue weighted by Gasteiger charge is -2.19. The Morgan fingerprint density at radius 3 is 2.62 bits per heavy atom. The maximum absolute atomic E-state index is 12.6. The second kappa shape index (κ2) is 8.51. The summed E-state index contributed by atoms with van der Waals surface area (Å²) in [6.07, 6.45) is 0.665. The van der Waals surface area contributed by atoms with E-state index in [1.165, 1.54) is 11.8 Å². The van der Waals surface area contributed by atoms with E-state index in [1.54, 1.807) is 12.1 Å². The van der Waals surface area contributed by atoms with Gasteiger partial charge in [-0.25, -0.2) is 4.98 Å². The molecule has 5 heteroatoms. The Balaban J connectivity index is 2.10. The van der Waals surface area contributed by atoms with Crippen LogP contribution in [0.15, 0.2) is 47.5 Å². The number of carbonyl (C=O) groups excluding carboxylic acids is 1. The molecule has 0 aliphatic carbocycles. The molecule has 1 aromatic carbocycles. The van der Waals surface area contributed by atoms with Crippen LogP contribution in [0.3, 0.4) is 0 Å². The van der Waals surface area contributed by atoms with E-state index >= 15 is 0 Å². The highest BCUT2D eigenvalue weighted by atomic mass is 32.2. The first-order valence-electron chi connectivity index (χ1n) is 7.94. The van der Waals surface area contributed by atoms with Crippen LogP contribution in [-0.2, 0) is 4.79 Å². The molecule has 0 aliphatic rings. The van der Waals surface area contributed by atoms with Gasteiger partial charge in [-0.05, 0) is 38.0 Å². The number of hydrogen-bond acceptors (Lipinski definition) is 4. The lowest BCUT2D eigenvalue weighted by Crippen LogP contribution is -2.34. The summed E-state index contributed by atoms with van der Waals surface area (Å²) >= 11 is 1.35. The van der Waals surface area contributed by atoms with Gasteiger partial charge in [-0.15, -0.1) is 0 Å². The highest BCUT2D eigenvalue weighted by Crippen LogP contribution is 2.27. The van der Waals surface area contributed by atoms with Gasteiger partial charge in [-0.2, -0.15) is 5.26 Å². The molecule has 24 heavy (non-hydrogen) atoms. The number of carbonyl (C=O) groups is 1. The van der Waals surface area contributed by atoms with Crippen molar-refractivity contribution in [2.75, 3.05) is 0 Å². The Morgan fingerprint density at radius 1 is 1.29 bits per heavy atom. The fraction of sp³-hybridized carbons (Fsp3) is 0.316. The third-order valence-electron chi connectivity index (χ3n) is 3.70. The van der Waals surface area contributed by atoms with Gasteiger partial charge >= 0.3 is 0 Å². The molecule has 0 fully saturated rings. The highest BCUT2D eigenvalue weighted by Gasteiger charge is 2.22. The molecule has 4 nitrogen and oxygen atoms in total. The van der Waals surface area contributed by atoms with Gasteiger partial charge in [0.25, 0.3) is 0 Å². The minimum absolute atomic E-state index is 0.0361. The lowest BCUT2D eigenvalue weighted by atomic mass is 10.1. The molecule has 124 valence electrons. The third kappa shape index (κ3) is 4.59. The Morgan fingerprint density at radius 2 is 2.00 bits per heavy atom. The standard InChI is InChI=1S/C19H21N3OS/c1-4-17(24-19-16(12-20)11-10-13(2)21-19)18(23)22-14(3)15-8-6-5-7-9-15/h5-11,14,17H,4H2,1-3H3,(H,22,23)/t14-,17+/m0/s1. The zero-order chi connectivity index (χ0) is 17.5. The summed E-state index contributed by atoms with van der Waals surface area (Å²) in [4.78, 5) is 17.0. The molecule has 2 rings (SSSR count). The molecule has 0 radical (unpaired) electrons. The molecule has 0 aliphatic heterocycles. The molecule has 2 atom stereocenters. The van der Waals surface area contributed by atoms with E-state index in [2.05, 4.69) is 16.4 Å². The molecule has 0 unspecified atom stereocenters. The van der Waals surface area contributed by atoms with E-state index < -0.39 is 0 Å². The van der Waals surface area contributed by atoms with Gasteiger partial charge in [-0.1, -0.05) is 49.0 Å². The van der Waals surface area contributed by atoms with E-state index in [0.29, 0.717) is 17.0 Å². The topological polar surface area (TPSA) is 65.8 Å². The molecule has 0 bridgehead atoms. The maximum Gasteiger partial charge on any atom is 0.234 e. The first-order chi connectivity index (χ1) is 11.5. The van der Waals surface area contributed by atoms with Crippen LogP contribution in [0.1, 0.15) is 43.1 Å². The van der Waals surface area contributed by atoms with Crippen molar-refractivity contribution in [1.29, 1.82) is 5.26 Å². The number of aryl methyl sites for hydroxylation is 1. The number of nitrogens with one attached hydrogen (secondary N) is 1. The minimum atomic E-state index is -0.280. The molecule has 2 aromatic rings. The zero-order valence-electron chi connectivity index (χ0n) is 14.1. The first kappa shape index (κ1) is 18.0. The molecule has 0 spiro atoms. The van der Waals surface area contributed by atoms with E-state index in [0.717, 1.165) is 11.3 Å². The average Bonchev–Trinajstić information content (AvgIpc) is 2.60. The number of pyridine rings is 1. The van der Waals surface area contributed by atoms with Crippen molar-refractivity contribution in [2.24, 2.45) is 0 Å². The SMILES string of the molecule is CC[C@@H](Sc1nc(C)ccc1C#N)C(=O)N[C@@H](C)c1ccccc1. The van der Waals surface area contributed by atoms with Crippen molar-refractivity contribution in [3.05, 3.63) is 59.3 Å². The van der Waals surface area contributed by atoms with Crippen molar-refractivity contribution >= 4 is 17.7 Å². The van der Waals surface area contributed by atoms with Crippen molar-refractivity contribution in [2.45, 2.75) is 43.5 Å². The van der Waals surface area contributed by atoms with Crippen LogP contribution < -0.4 is 5.32 Å². The summed E-state index contributed by atoms with van der Waals surface area (Å²) in [6, 6.07) is 15.5. The number of hydrogen-bond donors (Lipinski definition) is 1. The second-order valence-electron chi connectivity index (χ2n) is 5.57. The number of aromatic nitrogens is 1. The fourth-order valence-electron chi connectivity index (χ4n) is 2.30. The van der Waals surface area contributed by atoms with E-state index in [9.17, 15) is 10.1 Å². The third-order valence-corrected chi connectivity index (χ3v) is 5.06. The lowest BCUT2D eigenvalue weighted by molar-refractivity contribution is -0.121. The van der Waals surface area contributed by atoms with Crippen LogP contribution in [0.2, 0.25) is 0 Å². The van der Waals surface area contributed by atoms with Crippen molar-refractivity contribution in [3.8, 4) is 6.07 Å². The van der Waals surface area contributed by atoms with Crippen LogP contribution in [-0.4, -0.2) is 16.1 Å². The summed E-state index contributed by atoms with van der Waals surface area (Å²) in [5.74, 6) is -0.0361. The molecule has 1 amide bonds. The molecule has 1 heterocycles. The average molecular weight is 339 g/mol. The Labute approximate surface area is 147 Å². The summed E-state index contributed by atoms with van der Waals surface area (Å²) in [7, 11) is 0. The van der Waals surface area contributed by atoms with E-state index in [4.69, 9.17) is 0 Å². The molecule has 0 saturated carbocycles. The number of nitrogens with zero attached hydrogens (tertiary/aromatic N) is 2. The summed E-state index contributed by atoms with van der Waals surface area (Å²) < 4.78 is 0. The first-order valence-corrected chi connectivity index (χ1v) is 8.82. The summed E-state index contributed by atoms with van der Waals surface area (Å²) in [5.41, 5.74) is 2.41. The summed E-state index contributed by atoms with van der Waals surface area (Å²) in [6.45, 7) is 5.81. The number of rotatable bonds is 6. The predicted octanol–water partition coefficient (Wildman–Crippen LogP) is 4.01. The monoisotopic (exact) mass is 339 g/mol. The van der Waals surface area contributed by atoms with Gasteiger partial charge < -0.3 is 5.32 Å². The highest BCUT2D eigenvalue weighted by molar-refractivity contribution is 8.00. The number of amides is 1. The molecule has 1 N–H and O–H groups in total. The van der Waals surface area contributed by atoms with Crippen molar-refractivity contribution < 1.29 is 4.79 Å². The van der Waals surface area contributed by atoms with E-state index in [1.807, 2.05) is 51.1 Å². The van der Waals surface area contributed by atoms with Gasteiger partial charge in [0, 0.05) is 5.69 Å². The van der Waals surface area contributed by atoms with Gasteiger partial charge in [0.15, 0.2) is 0 Å². The quantitative estimate of drug-likeness (QED) is 0.808. The smallest absolute Gasteiger partial charge is 0.234 e. The van der Waals surface area contributed by atoms with Crippen molar-refractivity contribution in [1.82, 2.24) is 10.3 Å². The number of thioether (sulfide) groups is 1. The Hall–Kier alpha value is -2.32. The zero-order valence-corrected chi connectivity index (χ0v) is 14.9. The Kier molecular flexibility index (Phi) is 6.39. The maximum atomic E-state index is 12.6. The van der Waals surface area contributed by atoms with Crippen LogP contribution >= 0.6 is 11.8 Å². The Bertz CT molecular complexity index is 740. The van der Waals surface area contributed by atoms with Crippen LogP contribution in [0.5, 0.6) is 0 Å². The van der Waals surface area contributed by atoms with Crippen LogP contribution in [0.4, 0.5) is 0 Å². The van der Waals surface area contributed by atoms with Crippen molar-refractivity contribution in [3.63, 3.8) is 0 Å². The fourth-order valence-corrected chi connectivity index (χ4v) is 3.34. The molecular weight excluding hydrogens is 318 g/mol. The summed E-state index contributed by atoms with van der Waals surface area (Å²) in [5, 5.41) is 12.6. The predicted molar refractivity (Wildman–Crippen MR) is 96.6 cm³/mol. The molecule has 1 aromatic heterocycles. The van der Waals surface area contributed by atoms with Gasteiger partial charge in [0.2, 0.25) is 5.91 Å². The van der Waals surface area contributed by atoms with Gasteiger partial charge in [-0.3, -0.25) is 4.79 Å². The van der Waals surface area contributed by atoms with Crippen LogP contribution in [0, 0.1) is 18.3 Å². The number of benzene rings is 1.